The maximum Gasteiger partial charge on any atom is 0.264 e. The van der Waals surface area contributed by atoms with E-state index in [1.807, 2.05) is 26.8 Å². The monoisotopic (exact) mass is 450 g/mol. The second-order valence-electron chi connectivity index (χ2n) is 8.45. The van der Waals surface area contributed by atoms with Crippen LogP contribution >= 0.6 is 0 Å². The van der Waals surface area contributed by atoms with E-state index in [9.17, 15) is 21.6 Å². The number of nitrogens with one attached hydrogen (secondary N) is 1. The summed E-state index contributed by atoms with van der Waals surface area (Å²) in [7, 11) is -7.39. The van der Waals surface area contributed by atoms with Crippen molar-refractivity contribution in [3.8, 4) is 0 Å². The Balaban J connectivity index is 1.83. The molecule has 1 fully saturated rings. The molecule has 7 nitrogen and oxygen atoms in total. The van der Waals surface area contributed by atoms with Crippen LogP contribution in [0.25, 0.3) is 0 Å². The van der Waals surface area contributed by atoms with E-state index in [0.717, 1.165) is 5.56 Å². The van der Waals surface area contributed by atoms with Gasteiger partial charge in [-0.05, 0) is 60.2 Å². The third kappa shape index (κ3) is 4.52. The number of amides is 1. The molecule has 0 aliphatic carbocycles. The molecule has 0 bridgehead atoms. The van der Waals surface area contributed by atoms with Crippen LogP contribution in [0.1, 0.15) is 48.7 Å². The molecule has 3 rings (SSSR count). The molecule has 0 spiro atoms. The molecular formula is C21H26N2O5S2. The van der Waals surface area contributed by atoms with E-state index in [-0.39, 0.29) is 21.6 Å². The Morgan fingerprint density at radius 3 is 2.23 bits per heavy atom. The van der Waals surface area contributed by atoms with Crippen LogP contribution in [0.5, 0.6) is 0 Å². The van der Waals surface area contributed by atoms with E-state index in [4.69, 9.17) is 0 Å². The first-order valence-corrected chi connectivity index (χ1v) is 12.7. The van der Waals surface area contributed by atoms with Gasteiger partial charge in [-0.2, -0.15) is 0 Å². The largest absolute Gasteiger partial charge is 0.270 e. The van der Waals surface area contributed by atoms with Gasteiger partial charge in [0.2, 0.25) is 10.0 Å². The summed E-state index contributed by atoms with van der Waals surface area (Å²) in [6.07, 6.45) is 0.551. The lowest BCUT2D eigenvalue weighted by molar-refractivity contribution is 0.0981. The Kier molecular flexibility index (Phi) is 5.72. The fraction of sp³-hybridized carbons (Fsp3) is 0.381. The summed E-state index contributed by atoms with van der Waals surface area (Å²) < 4.78 is 53.2. The summed E-state index contributed by atoms with van der Waals surface area (Å²) in [6.45, 7) is 8.01. The van der Waals surface area contributed by atoms with Gasteiger partial charge in [-0.3, -0.25) is 9.10 Å². The van der Waals surface area contributed by atoms with Crippen LogP contribution in [0.2, 0.25) is 0 Å². The Morgan fingerprint density at radius 1 is 1.07 bits per heavy atom. The number of anilines is 1. The molecule has 30 heavy (non-hydrogen) atoms. The van der Waals surface area contributed by atoms with Crippen molar-refractivity contribution >= 4 is 31.6 Å². The summed E-state index contributed by atoms with van der Waals surface area (Å²) in [5, 5.41) is 0. The summed E-state index contributed by atoms with van der Waals surface area (Å²) in [5.41, 5.74) is 1.73. The third-order valence-electron chi connectivity index (χ3n) is 5.09. The van der Waals surface area contributed by atoms with E-state index < -0.39 is 26.0 Å². The lowest BCUT2D eigenvalue weighted by atomic mass is 9.87. The molecule has 1 N–H and O–H groups in total. The van der Waals surface area contributed by atoms with Gasteiger partial charge in [-0.1, -0.05) is 32.9 Å². The maximum atomic E-state index is 12.9. The average molecular weight is 451 g/mol. The number of rotatable bonds is 4. The van der Waals surface area contributed by atoms with E-state index >= 15 is 0 Å². The minimum atomic E-state index is -4.07. The van der Waals surface area contributed by atoms with Crippen LogP contribution in [0.4, 0.5) is 5.69 Å². The first kappa shape index (κ1) is 22.3. The molecule has 1 aliphatic rings. The van der Waals surface area contributed by atoms with Gasteiger partial charge in [-0.25, -0.2) is 21.6 Å². The molecule has 1 heterocycles. The Morgan fingerprint density at radius 2 is 1.70 bits per heavy atom. The number of hydrogen-bond donors (Lipinski definition) is 1. The summed E-state index contributed by atoms with van der Waals surface area (Å²) in [4.78, 5) is 12.6. The van der Waals surface area contributed by atoms with Crippen LogP contribution in [0.3, 0.4) is 0 Å². The van der Waals surface area contributed by atoms with Crippen molar-refractivity contribution in [2.24, 2.45) is 0 Å². The summed E-state index contributed by atoms with van der Waals surface area (Å²) in [6, 6.07) is 11.1. The van der Waals surface area contributed by atoms with Gasteiger partial charge in [0.1, 0.15) is 0 Å². The quantitative estimate of drug-likeness (QED) is 0.772. The standard InChI is InChI=1S/C21H26N2O5S2/c1-15-6-9-17(21(2,3)4)14-19(15)30(27,28)22-20(24)16-7-10-18(11-8-16)23-12-5-13-29(23,25)26/h6-11,14H,5,12-13H2,1-4H3,(H,22,24). The fourth-order valence-electron chi connectivity index (χ4n) is 3.30. The van der Waals surface area contributed by atoms with Crippen LogP contribution < -0.4 is 9.03 Å². The van der Waals surface area contributed by atoms with Crippen molar-refractivity contribution < 1.29 is 21.6 Å². The predicted molar refractivity (Wildman–Crippen MR) is 117 cm³/mol. The van der Waals surface area contributed by atoms with Crippen LogP contribution in [-0.2, 0) is 25.5 Å². The molecular weight excluding hydrogens is 424 g/mol. The minimum Gasteiger partial charge on any atom is -0.270 e. The number of benzene rings is 2. The van der Waals surface area contributed by atoms with Crippen LogP contribution in [0, 0.1) is 6.92 Å². The Labute approximate surface area is 178 Å². The SMILES string of the molecule is Cc1ccc(C(C)(C)C)cc1S(=O)(=O)NC(=O)c1ccc(N2CCCS2(=O)=O)cc1. The molecule has 0 unspecified atom stereocenters. The highest BCUT2D eigenvalue weighted by atomic mass is 32.2. The second-order valence-corrected chi connectivity index (χ2v) is 12.1. The normalized spacial score (nSPS) is 16.5. The number of carbonyl (C=O) groups excluding carboxylic acids is 1. The van der Waals surface area contributed by atoms with Crippen molar-refractivity contribution in [1.82, 2.24) is 4.72 Å². The molecule has 2 aromatic rings. The smallest absolute Gasteiger partial charge is 0.264 e. The van der Waals surface area contributed by atoms with Gasteiger partial charge >= 0.3 is 0 Å². The number of nitrogens with zero attached hydrogens (tertiary/aromatic N) is 1. The van der Waals surface area contributed by atoms with Gasteiger partial charge in [0.15, 0.2) is 0 Å². The first-order chi connectivity index (χ1) is 13.8. The van der Waals surface area contributed by atoms with Crippen molar-refractivity contribution in [2.75, 3.05) is 16.6 Å². The lowest BCUT2D eigenvalue weighted by Crippen LogP contribution is -2.31. The predicted octanol–water partition coefficient (Wildman–Crippen LogP) is 2.95. The van der Waals surface area contributed by atoms with E-state index in [1.165, 1.54) is 28.6 Å². The molecule has 2 aromatic carbocycles. The molecule has 1 saturated heterocycles. The topological polar surface area (TPSA) is 101 Å². The highest BCUT2D eigenvalue weighted by molar-refractivity contribution is 7.93. The van der Waals surface area contributed by atoms with Gasteiger partial charge in [0.25, 0.3) is 15.9 Å². The number of sulfonamides is 2. The zero-order valence-electron chi connectivity index (χ0n) is 17.5. The van der Waals surface area contributed by atoms with E-state index in [1.54, 1.807) is 19.1 Å². The van der Waals surface area contributed by atoms with Crippen molar-refractivity contribution in [3.63, 3.8) is 0 Å². The molecule has 0 radical (unpaired) electrons. The summed E-state index contributed by atoms with van der Waals surface area (Å²) in [5.74, 6) is -0.674. The van der Waals surface area contributed by atoms with Gasteiger partial charge < -0.3 is 0 Å². The first-order valence-electron chi connectivity index (χ1n) is 9.60. The average Bonchev–Trinajstić information content (AvgIpc) is 2.99. The number of carbonyl (C=O) groups is 1. The Hall–Kier alpha value is -2.39. The van der Waals surface area contributed by atoms with E-state index in [2.05, 4.69) is 4.72 Å². The third-order valence-corrected chi connectivity index (χ3v) is 8.43. The second kappa shape index (κ2) is 7.70. The van der Waals surface area contributed by atoms with Crippen molar-refractivity contribution in [3.05, 3.63) is 59.2 Å². The highest BCUT2D eigenvalue weighted by Gasteiger charge is 2.29. The zero-order valence-corrected chi connectivity index (χ0v) is 19.1. The van der Waals surface area contributed by atoms with Gasteiger partial charge in [0.05, 0.1) is 16.3 Å². The van der Waals surface area contributed by atoms with E-state index in [0.29, 0.717) is 24.2 Å². The molecule has 1 aliphatic heterocycles. The zero-order chi connectivity index (χ0) is 22.3. The number of aryl methyl sites for hydroxylation is 1. The number of hydrogen-bond acceptors (Lipinski definition) is 5. The minimum absolute atomic E-state index is 0.0584. The maximum absolute atomic E-state index is 12.9. The Bertz CT molecular complexity index is 1180. The molecule has 0 aromatic heterocycles. The van der Waals surface area contributed by atoms with Gasteiger partial charge in [0, 0.05) is 12.1 Å². The fourth-order valence-corrected chi connectivity index (χ4v) is 6.11. The highest BCUT2D eigenvalue weighted by Crippen LogP contribution is 2.27. The molecule has 0 atom stereocenters. The lowest BCUT2D eigenvalue weighted by Gasteiger charge is -2.21. The molecule has 162 valence electrons. The van der Waals surface area contributed by atoms with Gasteiger partial charge in [-0.15, -0.1) is 0 Å². The van der Waals surface area contributed by atoms with Crippen LogP contribution in [-0.4, -0.2) is 35.0 Å². The molecule has 9 heteroatoms. The van der Waals surface area contributed by atoms with Crippen molar-refractivity contribution in [2.45, 2.75) is 44.4 Å². The molecule has 1 amide bonds. The summed E-state index contributed by atoms with van der Waals surface area (Å²) >= 11 is 0. The molecule has 0 saturated carbocycles. The van der Waals surface area contributed by atoms with Crippen molar-refractivity contribution in [1.29, 1.82) is 0 Å². The van der Waals surface area contributed by atoms with Crippen LogP contribution in [0.15, 0.2) is 47.4 Å².